The molecule has 1 aliphatic heterocycles. The number of anilines is 1. The first kappa shape index (κ1) is 15.4. The molecule has 2 aliphatic rings. The highest BCUT2D eigenvalue weighted by Crippen LogP contribution is 2.40. The van der Waals surface area contributed by atoms with Crippen molar-refractivity contribution in [3.05, 3.63) is 36.4 Å². The molecule has 1 aromatic rings. The summed E-state index contributed by atoms with van der Waals surface area (Å²) >= 11 is -1.50. The summed E-state index contributed by atoms with van der Waals surface area (Å²) in [5.41, 5.74) is 0.849. The minimum Gasteiger partial charge on any atom is -0.588 e. The molecule has 0 bridgehead atoms. The van der Waals surface area contributed by atoms with Gasteiger partial charge in [-0.15, -0.1) is 0 Å². The zero-order valence-electron chi connectivity index (χ0n) is 12.6. The van der Waals surface area contributed by atoms with Crippen LogP contribution in [0.4, 0.5) is 5.69 Å². The second-order valence-corrected chi connectivity index (χ2v) is 7.12. The van der Waals surface area contributed by atoms with Gasteiger partial charge in [-0.05, 0) is 43.7 Å². The van der Waals surface area contributed by atoms with E-state index in [0.717, 1.165) is 31.5 Å². The maximum atomic E-state index is 12.4. The first-order chi connectivity index (χ1) is 10.8. The Hall–Kier alpha value is -1.46. The monoisotopic (exact) mass is 318 g/mol. The molecule has 4 nitrogen and oxygen atoms in total. The second kappa shape index (κ2) is 7.20. The maximum Gasteiger partial charge on any atom is 0.265 e. The molecule has 0 spiro atoms. The lowest BCUT2D eigenvalue weighted by Gasteiger charge is -2.14. The molecule has 0 radical (unpaired) electrons. The molecule has 1 heterocycles. The van der Waals surface area contributed by atoms with Gasteiger partial charge in [0.05, 0.1) is 5.69 Å². The summed E-state index contributed by atoms with van der Waals surface area (Å²) in [6.45, 7) is 0.858. The Kier molecular flexibility index (Phi) is 5.05. The number of rotatable bonds is 0. The molecule has 118 valence electrons. The minimum atomic E-state index is -1.50. The van der Waals surface area contributed by atoms with E-state index >= 15 is 0 Å². The van der Waals surface area contributed by atoms with E-state index in [2.05, 4.69) is 22.2 Å². The van der Waals surface area contributed by atoms with Crippen molar-refractivity contribution in [2.75, 3.05) is 11.9 Å². The van der Waals surface area contributed by atoms with Crippen molar-refractivity contribution < 1.29 is 9.35 Å². The van der Waals surface area contributed by atoms with Gasteiger partial charge in [0.2, 0.25) is 4.90 Å². The number of carbonyl (C=O) groups is 1. The predicted molar refractivity (Wildman–Crippen MR) is 88.7 cm³/mol. The smallest absolute Gasteiger partial charge is 0.265 e. The molecule has 0 aromatic heterocycles. The highest BCUT2D eigenvalue weighted by Gasteiger charge is 2.42. The summed E-state index contributed by atoms with van der Waals surface area (Å²) in [7, 11) is 0. The van der Waals surface area contributed by atoms with Crippen LogP contribution in [0.15, 0.2) is 41.3 Å². The molecule has 1 fully saturated rings. The van der Waals surface area contributed by atoms with Crippen LogP contribution in [0.25, 0.3) is 0 Å². The highest BCUT2D eigenvalue weighted by molar-refractivity contribution is 7.90. The first-order valence-electron chi connectivity index (χ1n) is 7.97. The van der Waals surface area contributed by atoms with Crippen molar-refractivity contribution >= 4 is 23.0 Å². The van der Waals surface area contributed by atoms with Gasteiger partial charge in [0.25, 0.3) is 5.91 Å². The average molecular weight is 318 g/mol. The van der Waals surface area contributed by atoms with Gasteiger partial charge in [-0.1, -0.05) is 30.7 Å². The van der Waals surface area contributed by atoms with Crippen LogP contribution < -0.4 is 10.0 Å². The van der Waals surface area contributed by atoms with Crippen molar-refractivity contribution in [2.24, 2.45) is 11.8 Å². The van der Waals surface area contributed by atoms with Gasteiger partial charge in [0.15, 0.2) is 0 Å². The molecule has 3 rings (SSSR count). The van der Waals surface area contributed by atoms with Crippen LogP contribution in [0.2, 0.25) is 0 Å². The fourth-order valence-corrected chi connectivity index (χ4v) is 3.77. The fraction of sp³-hybridized carbons (Fsp3) is 0.471. The Balaban J connectivity index is 1.74. The van der Waals surface area contributed by atoms with Gasteiger partial charge in [-0.2, -0.15) is 4.72 Å². The van der Waals surface area contributed by atoms with Crippen LogP contribution in [-0.2, 0) is 16.2 Å². The number of benzene rings is 1. The Morgan fingerprint density at radius 3 is 2.95 bits per heavy atom. The minimum absolute atomic E-state index is 0.00884. The molecular formula is C17H22N2O2S. The molecule has 1 aromatic carbocycles. The molecule has 3 atom stereocenters. The van der Waals surface area contributed by atoms with Crippen molar-refractivity contribution in [1.82, 2.24) is 4.72 Å². The van der Waals surface area contributed by atoms with Crippen molar-refractivity contribution in [1.29, 1.82) is 0 Å². The van der Waals surface area contributed by atoms with E-state index in [0.29, 0.717) is 10.8 Å². The number of para-hydroxylation sites is 1. The summed E-state index contributed by atoms with van der Waals surface area (Å²) in [4.78, 5) is 12.8. The molecule has 1 unspecified atom stereocenters. The quantitative estimate of drug-likeness (QED) is 0.571. The summed E-state index contributed by atoms with van der Waals surface area (Å²) in [6, 6.07) is 7.49. The average Bonchev–Trinajstić information content (AvgIpc) is 3.29. The Bertz CT molecular complexity index is 561. The van der Waals surface area contributed by atoms with Crippen LogP contribution in [0.5, 0.6) is 0 Å². The maximum absolute atomic E-state index is 12.4. The molecule has 2 N–H and O–H groups in total. The van der Waals surface area contributed by atoms with Gasteiger partial charge in [0.1, 0.15) is 11.4 Å². The van der Waals surface area contributed by atoms with Crippen LogP contribution in [0, 0.1) is 11.8 Å². The topological polar surface area (TPSA) is 64.2 Å². The van der Waals surface area contributed by atoms with Gasteiger partial charge < -0.3 is 9.87 Å². The second-order valence-electron chi connectivity index (χ2n) is 5.94. The summed E-state index contributed by atoms with van der Waals surface area (Å²) in [6.07, 6.45) is 9.74. The van der Waals surface area contributed by atoms with E-state index in [1.54, 1.807) is 6.07 Å². The Labute approximate surface area is 134 Å². The standard InChI is InChI=1S/C17H22N2O2S/c20-17-14-12-13(14)8-4-2-1-3-7-11-18-15-9-5-6-10-16(15)22(21)19-17/h4-6,8-10,13-14,18H,1-3,7,11-12H2,(H,19,20)/b8-4-/t13-,14+,22?/m1/s1. The molecular weight excluding hydrogens is 296 g/mol. The van der Waals surface area contributed by atoms with Crippen LogP contribution in [-0.4, -0.2) is 17.0 Å². The van der Waals surface area contributed by atoms with E-state index in [9.17, 15) is 9.35 Å². The van der Waals surface area contributed by atoms with Crippen molar-refractivity contribution in [3.63, 3.8) is 0 Å². The van der Waals surface area contributed by atoms with Gasteiger partial charge in [0, 0.05) is 12.5 Å². The van der Waals surface area contributed by atoms with Gasteiger partial charge in [-0.25, -0.2) is 0 Å². The van der Waals surface area contributed by atoms with E-state index in [1.807, 2.05) is 18.2 Å². The van der Waals surface area contributed by atoms with E-state index in [1.165, 1.54) is 12.8 Å². The third-order valence-corrected chi connectivity index (χ3v) is 5.34. The number of hydrogen-bond acceptors (Lipinski definition) is 3. The lowest BCUT2D eigenvalue weighted by molar-refractivity contribution is -0.120. The van der Waals surface area contributed by atoms with Crippen LogP contribution >= 0.6 is 0 Å². The SMILES string of the molecule is O=C1N[S+]([O-])c2ccccc2NCCCCC/C=C\[C@@H]2C[C@H]12. The summed E-state index contributed by atoms with van der Waals surface area (Å²) < 4.78 is 15.1. The van der Waals surface area contributed by atoms with Crippen molar-refractivity contribution in [3.8, 4) is 0 Å². The van der Waals surface area contributed by atoms with Crippen LogP contribution in [0.3, 0.4) is 0 Å². The van der Waals surface area contributed by atoms with E-state index < -0.39 is 11.4 Å². The third-order valence-electron chi connectivity index (χ3n) is 4.20. The third kappa shape index (κ3) is 3.84. The molecule has 0 saturated heterocycles. The number of nitrogens with one attached hydrogen (secondary N) is 2. The number of fused-ring (bicyclic) bond motifs is 2. The first-order valence-corrected chi connectivity index (χ1v) is 9.12. The van der Waals surface area contributed by atoms with Gasteiger partial charge in [-0.3, -0.25) is 4.79 Å². The molecule has 1 saturated carbocycles. The number of hydrogen-bond donors (Lipinski definition) is 2. The highest BCUT2D eigenvalue weighted by atomic mass is 32.2. The van der Waals surface area contributed by atoms with Crippen molar-refractivity contribution in [2.45, 2.75) is 37.0 Å². The number of carbonyl (C=O) groups excluding carboxylic acids is 1. The molecule has 1 aliphatic carbocycles. The largest absolute Gasteiger partial charge is 0.588 e. The zero-order chi connectivity index (χ0) is 15.4. The number of allylic oxidation sites excluding steroid dienone is 2. The summed E-state index contributed by atoms with van der Waals surface area (Å²) in [5.74, 6) is 0.221. The van der Waals surface area contributed by atoms with Gasteiger partial charge >= 0.3 is 0 Å². The zero-order valence-corrected chi connectivity index (χ0v) is 13.4. The fourth-order valence-electron chi connectivity index (χ4n) is 2.78. The Morgan fingerprint density at radius 2 is 2.05 bits per heavy atom. The van der Waals surface area contributed by atoms with E-state index in [4.69, 9.17) is 0 Å². The lowest BCUT2D eigenvalue weighted by atomic mass is 10.1. The number of amides is 1. The lowest BCUT2D eigenvalue weighted by Crippen LogP contribution is -2.32. The normalized spacial score (nSPS) is 30.6. The van der Waals surface area contributed by atoms with E-state index in [-0.39, 0.29) is 11.8 Å². The molecule has 5 heteroatoms. The summed E-state index contributed by atoms with van der Waals surface area (Å²) in [5, 5.41) is 3.34. The molecule has 1 amide bonds. The predicted octanol–water partition coefficient (Wildman–Crippen LogP) is 3.00. The Morgan fingerprint density at radius 1 is 1.18 bits per heavy atom. The van der Waals surface area contributed by atoms with Crippen LogP contribution in [0.1, 0.15) is 32.1 Å². The molecule has 22 heavy (non-hydrogen) atoms.